The molecule has 3 amide bonds. The second-order valence-electron chi connectivity index (χ2n) is 11.7. The summed E-state index contributed by atoms with van der Waals surface area (Å²) < 4.78 is -0.822. The average molecular weight is 590 g/mol. The van der Waals surface area contributed by atoms with Crippen molar-refractivity contribution in [3.05, 3.63) is 35.9 Å². The molecule has 1 saturated carbocycles. The van der Waals surface area contributed by atoms with Crippen molar-refractivity contribution in [3.8, 4) is 0 Å². The zero-order valence-electron chi connectivity index (χ0n) is 24.5. The lowest BCUT2D eigenvalue weighted by Crippen LogP contribution is -2.62. The molecule has 11 heteroatoms. The third-order valence-corrected chi connectivity index (χ3v) is 7.98. The number of nitrogens with one attached hydrogen (secondary N) is 3. The number of ketones is 1. The molecule has 0 radical (unpaired) electrons. The van der Waals surface area contributed by atoms with Crippen molar-refractivity contribution in [1.29, 1.82) is 0 Å². The molecular formula is C30H47N5O5S. The molecule has 10 nitrogen and oxygen atoms in total. The summed E-state index contributed by atoms with van der Waals surface area (Å²) >= 11 is 4.36. The van der Waals surface area contributed by atoms with Gasteiger partial charge in [-0.15, -0.1) is 0 Å². The van der Waals surface area contributed by atoms with E-state index < -0.39 is 51.9 Å². The van der Waals surface area contributed by atoms with Crippen LogP contribution in [0.1, 0.15) is 88.9 Å². The normalized spacial score (nSPS) is 17.8. The fourth-order valence-electron chi connectivity index (χ4n) is 5.08. The molecule has 41 heavy (non-hydrogen) atoms. The molecular weight excluding hydrogens is 542 g/mol. The van der Waals surface area contributed by atoms with E-state index in [1.54, 1.807) is 44.2 Å². The van der Waals surface area contributed by atoms with E-state index in [2.05, 4.69) is 28.6 Å². The number of Topliss-reactive ketones (excluding diaryl/α,β-unsaturated/α-hetero) is 1. The van der Waals surface area contributed by atoms with Crippen molar-refractivity contribution in [2.75, 3.05) is 6.54 Å². The Bertz CT molecular complexity index is 1040. The molecule has 0 spiro atoms. The van der Waals surface area contributed by atoms with Crippen LogP contribution in [0.15, 0.2) is 30.3 Å². The van der Waals surface area contributed by atoms with Gasteiger partial charge in [-0.1, -0.05) is 62.4 Å². The van der Waals surface area contributed by atoms with E-state index in [0.717, 1.165) is 32.1 Å². The smallest absolute Gasteiger partial charge is 0.243 e. The molecule has 0 unspecified atom stereocenters. The van der Waals surface area contributed by atoms with Crippen LogP contribution in [-0.4, -0.2) is 64.7 Å². The summed E-state index contributed by atoms with van der Waals surface area (Å²) in [7, 11) is 0. The fourth-order valence-corrected chi connectivity index (χ4v) is 5.19. The highest BCUT2D eigenvalue weighted by molar-refractivity contribution is 7.81. The molecule has 1 aliphatic rings. The van der Waals surface area contributed by atoms with Gasteiger partial charge in [0.15, 0.2) is 17.6 Å². The first kappa shape index (κ1) is 34.4. The number of unbranched alkanes of at least 4 members (excludes halogenated alkanes) is 1. The first-order valence-electron chi connectivity index (χ1n) is 14.5. The van der Waals surface area contributed by atoms with Gasteiger partial charge in [0.25, 0.3) is 0 Å². The number of carbonyl (C=O) groups excluding carboxylic acids is 5. The highest BCUT2D eigenvalue weighted by Gasteiger charge is 2.43. The van der Waals surface area contributed by atoms with Gasteiger partial charge >= 0.3 is 0 Å². The summed E-state index contributed by atoms with van der Waals surface area (Å²) in [6.07, 6.45) is 7.06. The van der Waals surface area contributed by atoms with Gasteiger partial charge < -0.3 is 32.2 Å². The molecule has 2 rings (SSSR count). The Balaban J connectivity index is 2.22. The maximum atomic E-state index is 13.7. The molecule has 0 saturated heterocycles. The standard InChI is InChI=1S/C30H47N5O5S/c1-20(33-27(39)23(16-10-11-17-31)34-28(40)24(32)29(2,3)41)26(38)35-30(19-36,18-21-12-6-4-7-13-21)25(37)22-14-8-5-9-15-22/h5,8-9,14-15,19-21,23-24,41H,4,6-7,10-13,16-18,31-32H2,1-3H3,(H,33,39)(H,34,40)(H,35,38)/t20-,23-,24+,30-/m0/s1. The van der Waals surface area contributed by atoms with Crippen molar-refractivity contribution in [1.82, 2.24) is 16.0 Å². The Kier molecular flexibility index (Phi) is 13.5. The summed E-state index contributed by atoms with van der Waals surface area (Å²) in [5.41, 5.74) is 10.2. The van der Waals surface area contributed by atoms with E-state index in [9.17, 15) is 24.0 Å². The number of thiol groups is 1. The summed E-state index contributed by atoms with van der Waals surface area (Å²) in [5.74, 6) is -2.18. The SMILES string of the molecule is C[C@H](NC(=O)[C@H](CCCCN)NC(=O)[C@@H](N)C(C)(C)S)C(=O)N[C@](C=O)(CC1CCCCC1)C(=O)c1ccccc1. The number of aldehydes is 1. The monoisotopic (exact) mass is 589 g/mol. The van der Waals surface area contributed by atoms with Gasteiger partial charge in [0, 0.05) is 10.3 Å². The van der Waals surface area contributed by atoms with Crippen LogP contribution >= 0.6 is 12.6 Å². The maximum Gasteiger partial charge on any atom is 0.243 e. The molecule has 4 atom stereocenters. The van der Waals surface area contributed by atoms with Crippen LogP contribution in [0.3, 0.4) is 0 Å². The van der Waals surface area contributed by atoms with Crippen LogP contribution in [0, 0.1) is 5.92 Å². The minimum atomic E-state index is -1.76. The summed E-state index contributed by atoms with van der Waals surface area (Å²) in [4.78, 5) is 65.7. The Morgan fingerprint density at radius 3 is 2.20 bits per heavy atom. The number of amides is 3. The topological polar surface area (TPSA) is 173 Å². The largest absolute Gasteiger partial charge is 0.343 e. The van der Waals surface area contributed by atoms with Crippen molar-refractivity contribution in [2.24, 2.45) is 17.4 Å². The van der Waals surface area contributed by atoms with Crippen molar-refractivity contribution in [3.63, 3.8) is 0 Å². The zero-order valence-corrected chi connectivity index (χ0v) is 25.4. The molecule has 1 aromatic carbocycles. The van der Waals surface area contributed by atoms with E-state index in [1.165, 1.54) is 6.92 Å². The number of hydrogen-bond donors (Lipinski definition) is 6. The second-order valence-corrected chi connectivity index (χ2v) is 12.8. The van der Waals surface area contributed by atoms with E-state index in [1.807, 2.05) is 0 Å². The highest BCUT2D eigenvalue weighted by atomic mass is 32.1. The zero-order chi connectivity index (χ0) is 30.6. The number of hydrogen-bond acceptors (Lipinski definition) is 8. The summed E-state index contributed by atoms with van der Waals surface area (Å²) in [6.45, 7) is 5.28. The Hall–Kier alpha value is -2.76. The van der Waals surface area contributed by atoms with Crippen LogP contribution in [-0.2, 0) is 19.2 Å². The third kappa shape index (κ3) is 10.2. The predicted molar refractivity (Wildman–Crippen MR) is 162 cm³/mol. The summed E-state index contributed by atoms with van der Waals surface area (Å²) in [5, 5.41) is 8.00. The second kappa shape index (κ2) is 16.0. The number of benzene rings is 1. The molecule has 228 valence electrons. The van der Waals surface area contributed by atoms with Crippen molar-refractivity contribution in [2.45, 2.75) is 107 Å². The Morgan fingerprint density at radius 2 is 1.63 bits per heavy atom. The molecule has 7 N–H and O–H groups in total. The van der Waals surface area contributed by atoms with Crippen LogP contribution in [0.2, 0.25) is 0 Å². The van der Waals surface area contributed by atoms with Gasteiger partial charge in [-0.2, -0.15) is 12.6 Å². The number of carbonyl (C=O) groups is 5. The van der Waals surface area contributed by atoms with Crippen LogP contribution in [0.25, 0.3) is 0 Å². The highest BCUT2D eigenvalue weighted by Crippen LogP contribution is 2.32. The van der Waals surface area contributed by atoms with Gasteiger partial charge in [0.2, 0.25) is 17.7 Å². The third-order valence-electron chi connectivity index (χ3n) is 7.70. The van der Waals surface area contributed by atoms with E-state index >= 15 is 0 Å². The van der Waals surface area contributed by atoms with Crippen molar-refractivity contribution < 1.29 is 24.0 Å². The Labute approximate surface area is 248 Å². The van der Waals surface area contributed by atoms with Gasteiger partial charge in [-0.05, 0) is 58.9 Å². The minimum absolute atomic E-state index is 0.106. The van der Waals surface area contributed by atoms with Gasteiger partial charge in [-0.25, -0.2) is 0 Å². The van der Waals surface area contributed by atoms with Crippen LogP contribution < -0.4 is 27.4 Å². The lowest BCUT2D eigenvalue weighted by molar-refractivity contribution is -0.133. The molecule has 1 aromatic rings. The molecule has 0 bridgehead atoms. The van der Waals surface area contributed by atoms with Gasteiger partial charge in [-0.3, -0.25) is 19.2 Å². The molecule has 0 heterocycles. The van der Waals surface area contributed by atoms with Crippen LogP contribution in [0.5, 0.6) is 0 Å². The predicted octanol–water partition coefficient (Wildman–Crippen LogP) is 2.05. The molecule has 1 fully saturated rings. The quantitative estimate of drug-likeness (QED) is 0.0563. The molecule has 0 aliphatic heterocycles. The Morgan fingerprint density at radius 1 is 1.00 bits per heavy atom. The van der Waals surface area contributed by atoms with Gasteiger partial charge in [0.1, 0.15) is 12.1 Å². The lowest BCUT2D eigenvalue weighted by Gasteiger charge is -2.34. The first-order valence-corrected chi connectivity index (χ1v) is 15.0. The first-order chi connectivity index (χ1) is 19.3. The lowest BCUT2D eigenvalue weighted by atomic mass is 9.76. The van der Waals surface area contributed by atoms with E-state index in [4.69, 9.17) is 11.5 Å². The van der Waals surface area contributed by atoms with Gasteiger partial charge in [0.05, 0.1) is 6.04 Å². The summed E-state index contributed by atoms with van der Waals surface area (Å²) in [6, 6.07) is 5.36. The minimum Gasteiger partial charge on any atom is -0.343 e. The average Bonchev–Trinajstić information content (AvgIpc) is 2.95. The number of nitrogens with two attached hydrogens (primary N) is 2. The van der Waals surface area contributed by atoms with E-state index in [0.29, 0.717) is 31.2 Å². The number of rotatable bonds is 16. The maximum absolute atomic E-state index is 13.7. The van der Waals surface area contributed by atoms with Crippen molar-refractivity contribution >= 4 is 42.4 Å². The molecule has 0 aromatic heterocycles. The van der Waals surface area contributed by atoms with E-state index in [-0.39, 0.29) is 18.8 Å². The molecule has 1 aliphatic carbocycles. The van der Waals surface area contributed by atoms with Crippen LogP contribution in [0.4, 0.5) is 0 Å². The fraction of sp³-hybridized carbons (Fsp3) is 0.633.